The molecule has 1 rings (SSSR count). The Morgan fingerprint density at radius 2 is 1.69 bits per heavy atom. The van der Waals surface area contributed by atoms with E-state index in [-0.39, 0.29) is 0 Å². The van der Waals surface area contributed by atoms with E-state index < -0.39 is 10.4 Å². The number of rotatable bonds is 2. The van der Waals surface area contributed by atoms with Crippen LogP contribution in [0.15, 0.2) is 24.3 Å². The zero-order valence-electron chi connectivity index (χ0n) is 7.75. The molecular formula is C7H8FN3O4S. The van der Waals surface area contributed by atoms with Crippen LogP contribution in [-0.4, -0.2) is 17.5 Å². The Labute approximate surface area is 91.0 Å². The van der Waals surface area contributed by atoms with Gasteiger partial charge in [-0.3, -0.25) is 14.5 Å². The third-order valence-electron chi connectivity index (χ3n) is 1.21. The van der Waals surface area contributed by atoms with Gasteiger partial charge in [0, 0.05) is 0 Å². The second kappa shape index (κ2) is 6.70. The lowest BCUT2D eigenvalue weighted by Crippen LogP contribution is -2.09. The van der Waals surface area contributed by atoms with Gasteiger partial charge in [-0.1, -0.05) is 5.65 Å². The maximum absolute atomic E-state index is 11.4. The lowest BCUT2D eigenvalue weighted by atomic mass is 10.2. The Morgan fingerprint density at radius 3 is 2.00 bits per heavy atom. The highest BCUT2D eigenvalue weighted by Crippen LogP contribution is 2.06. The predicted octanol–water partition coefficient (Wildman–Crippen LogP) is 0.706. The van der Waals surface area contributed by atoms with Crippen molar-refractivity contribution in [3.63, 3.8) is 0 Å². The Hall–Kier alpha value is -1.73. The van der Waals surface area contributed by atoms with Gasteiger partial charge in [0.05, 0.1) is 17.3 Å². The summed E-state index contributed by atoms with van der Waals surface area (Å²) in [5.74, 6) is 0. The van der Waals surface area contributed by atoms with Crippen LogP contribution in [0.3, 0.4) is 0 Å². The Balaban J connectivity index is 0.000000385. The molecule has 1 aromatic carbocycles. The molecule has 0 amide bonds. The fourth-order valence-electron chi connectivity index (χ4n) is 0.683. The van der Waals surface area contributed by atoms with Crippen LogP contribution >= 0.6 is 0 Å². The summed E-state index contributed by atoms with van der Waals surface area (Å²) in [6.07, 6.45) is 0. The van der Waals surface area contributed by atoms with Crippen molar-refractivity contribution in [1.82, 2.24) is 5.65 Å². The van der Waals surface area contributed by atoms with Crippen molar-refractivity contribution in [2.24, 2.45) is 0 Å². The van der Waals surface area contributed by atoms with Crippen molar-refractivity contribution >= 4 is 16.1 Å². The number of benzene rings is 1. The molecule has 0 heterocycles. The minimum atomic E-state index is -4.67. The molecule has 1 aromatic rings. The molecule has 0 spiro atoms. The summed E-state index contributed by atoms with van der Waals surface area (Å²) in [4.78, 5) is 0. The monoisotopic (exact) mass is 249 g/mol. The number of halogens is 1. The topological polar surface area (TPSA) is 122 Å². The molecule has 0 atom stereocenters. The Morgan fingerprint density at radius 1 is 1.25 bits per heavy atom. The van der Waals surface area contributed by atoms with Gasteiger partial charge in [-0.05, 0) is 24.3 Å². The van der Waals surface area contributed by atoms with Gasteiger partial charge < -0.3 is 0 Å². The standard InChI is InChI=1S/C7H6FN3.H2O4S/c8-11-10-7-3-1-6(5-9)2-4-7;1-5(2,3)4/h1-4,10-11H;(H2,1,2,3,4). The first-order valence-corrected chi connectivity index (χ1v) is 5.08. The molecule has 0 saturated carbocycles. The van der Waals surface area contributed by atoms with Crippen molar-refractivity contribution in [2.75, 3.05) is 5.43 Å². The normalized spacial score (nSPS) is 9.62. The van der Waals surface area contributed by atoms with E-state index in [9.17, 15) is 4.48 Å². The highest BCUT2D eigenvalue weighted by Gasteiger charge is 1.90. The highest BCUT2D eigenvalue weighted by molar-refractivity contribution is 7.79. The van der Waals surface area contributed by atoms with Crippen molar-refractivity contribution in [1.29, 1.82) is 5.26 Å². The molecule has 0 aliphatic carbocycles. The second-order valence-electron chi connectivity index (χ2n) is 2.36. The molecule has 88 valence electrons. The molecule has 0 aromatic heterocycles. The molecule has 4 N–H and O–H groups in total. The van der Waals surface area contributed by atoms with Crippen molar-refractivity contribution in [3.8, 4) is 6.07 Å². The van der Waals surface area contributed by atoms with Crippen LogP contribution in [0.25, 0.3) is 0 Å². The lowest BCUT2D eigenvalue weighted by molar-refractivity contribution is 0.376. The van der Waals surface area contributed by atoms with E-state index in [2.05, 4.69) is 5.43 Å². The van der Waals surface area contributed by atoms with Gasteiger partial charge in [-0.25, -0.2) is 0 Å². The third kappa shape index (κ3) is 8.85. The fraction of sp³-hybridized carbons (Fsp3) is 0. The molecule has 0 aliphatic rings. The maximum Gasteiger partial charge on any atom is 0.394 e. The van der Waals surface area contributed by atoms with E-state index in [4.69, 9.17) is 22.8 Å². The summed E-state index contributed by atoms with van der Waals surface area (Å²) in [6, 6.07) is 8.35. The zero-order chi connectivity index (χ0) is 12.6. The van der Waals surface area contributed by atoms with Gasteiger partial charge in [0.1, 0.15) is 0 Å². The maximum atomic E-state index is 11.4. The molecule has 0 saturated heterocycles. The van der Waals surface area contributed by atoms with Gasteiger partial charge in [0.2, 0.25) is 0 Å². The van der Waals surface area contributed by atoms with Gasteiger partial charge in [-0.15, -0.1) is 4.48 Å². The molecule has 0 bridgehead atoms. The van der Waals surface area contributed by atoms with E-state index in [1.807, 2.05) is 6.07 Å². The SMILES string of the molecule is N#Cc1ccc(NNF)cc1.O=S(=O)(O)O. The molecule has 16 heavy (non-hydrogen) atoms. The summed E-state index contributed by atoms with van der Waals surface area (Å²) < 4.78 is 43.0. The predicted molar refractivity (Wildman–Crippen MR) is 53.2 cm³/mol. The third-order valence-corrected chi connectivity index (χ3v) is 1.21. The number of nitrogens with one attached hydrogen (secondary N) is 2. The van der Waals surface area contributed by atoms with Gasteiger partial charge >= 0.3 is 10.4 Å². The van der Waals surface area contributed by atoms with Crippen molar-refractivity contribution < 1.29 is 22.0 Å². The molecule has 9 heteroatoms. The number of hydrazine groups is 1. The van der Waals surface area contributed by atoms with Crippen molar-refractivity contribution in [2.45, 2.75) is 0 Å². The summed E-state index contributed by atoms with van der Waals surface area (Å²) in [5.41, 5.74) is 4.65. The summed E-state index contributed by atoms with van der Waals surface area (Å²) in [6.45, 7) is 0. The second-order valence-corrected chi connectivity index (χ2v) is 3.25. The van der Waals surface area contributed by atoms with Crippen molar-refractivity contribution in [3.05, 3.63) is 29.8 Å². The molecular weight excluding hydrogens is 241 g/mol. The fourth-order valence-corrected chi connectivity index (χ4v) is 0.683. The Kier molecular flexibility index (Phi) is 5.97. The summed E-state index contributed by atoms with van der Waals surface area (Å²) >= 11 is 0. The molecule has 0 unspecified atom stereocenters. The first-order chi connectivity index (χ1) is 7.36. The van der Waals surface area contributed by atoms with Crippen LogP contribution in [0.4, 0.5) is 10.2 Å². The minimum Gasteiger partial charge on any atom is -0.295 e. The highest BCUT2D eigenvalue weighted by atomic mass is 32.3. The van der Waals surface area contributed by atoms with E-state index in [0.717, 1.165) is 0 Å². The average molecular weight is 249 g/mol. The van der Waals surface area contributed by atoms with E-state index in [1.165, 1.54) is 5.65 Å². The summed E-state index contributed by atoms with van der Waals surface area (Å²) in [7, 11) is -4.67. The van der Waals surface area contributed by atoms with Crippen LogP contribution < -0.4 is 11.1 Å². The number of hydrogen-bond acceptors (Lipinski definition) is 5. The first kappa shape index (κ1) is 14.3. The smallest absolute Gasteiger partial charge is 0.295 e. The van der Waals surface area contributed by atoms with Crippen LogP contribution in [-0.2, 0) is 10.4 Å². The molecule has 0 aliphatic heterocycles. The number of anilines is 1. The van der Waals surface area contributed by atoms with Gasteiger partial charge in [0.15, 0.2) is 0 Å². The molecule has 0 radical (unpaired) electrons. The minimum absolute atomic E-state index is 0.550. The van der Waals surface area contributed by atoms with Crippen LogP contribution in [0.5, 0.6) is 0 Å². The number of nitrogens with zero attached hydrogens (tertiary/aromatic N) is 1. The summed E-state index contributed by atoms with van der Waals surface area (Å²) in [5, 5.41) is 8.40. The van der Waals surface area contributed by atoms with Crippen LogP contribution in [0.1, 0.15) is 5.56 Å². The first-order valence-electron chi connectivity index (χ1n) is 3.68. The van der Waals surface area contributed by atoms with E-state index >= 15 is 0 Å². The molecule has 0 fully saturated rings. The largest absolute Gasteiger partial charge is 0.394 e. The zero-order valence-corrected chi connectivity index (χ0v) is 8.57. The number of nitriles is 1. The van der Waals surface area contributed by atoms with E-state index in [1.54, 1.807) is 24.3 Å². The number of hydrogen-bond donors (Lipinski definition) is 4. The van der Waals surface area contributed by atoms with Gasteiger partial charge in [0.25, 0.3) is 0 Å². The van der Waals surface area contributed by atoms with Crippen LogP contribution in [0, 0.1) is 11.3 Å². The Bertz CT molecular complexity index is 446. The average Bonchev–Trinajstić information content (AvgIpc) is 2.17. The quantitative estimate of drug-likeness (QED) is 0.345. The lowest BCUT2D eigenvalue weighted by Gasteiger charge is -1.99. The van der Waals surface area contributed by atoms with Crippen LogP contribution in [0.2, 0.25) is 0 Å². The van der Waals surface area contributed by atoms with E-state index in [0.29, 0.717) is 11.3 Å². The van der Waals surface area contributed by atoms with Gasteiger partial charge in [-0.2, -0.15) is 13.7 Å². The molecule has 7 nitrogen and oxygen atoms in total.